The molecule has 2 aliphatic heterocycles. The molecule has 164 valence electrons. The third-order valence-corrected chi connectivity index (χ3v) is 5.93. The van der Waals surface area contributed by atoms with Crippen molar-refractivity contribution in [1.82, 2.24) is 20.4 Å². The van der Waals surface area contributed by atoms with Gasteiger partial charge in [-0.05, 0) is 37.8 Å². The molecule has 1 fully saturated rings. The molecule has 2 N–H and O–H groups in total. The summed E-state index contributed by atoms with van der Waals surface area (Å²) in [5.41, 5.74) is 3.09. The van der Waals surface area contributed by atoms with Gasteiger partial charge in [-0.1, -0.05) is 24.3 Å². The van der Waals surface area contributed by atoms with Crippen molar-refractivity contribution in [3.8, 4) is 0 Å². The Morgan fingerprint density at radius 1 is 1.10 bits per heavy atom. The molecule has 0 radical (unpaired) electrons. The molecule has 0 spiro atoms. The first-order chi connectivity index (χ1) is 13.6. The largest absolute Gasteiger partial charge is 0.379 e. The van der Waals surface area contributed by atoms with Crippen molar-refractivity contribution in [3.05, 3.63) is 35.4 Å². The Bertz CT molecular complexity index is 646. The van der Waals surface area contributed by atoms with Gasteiger partial charge in [-0.15, -0.1) is 24.0 Å². The summed E-state index contributed by atoms with van der Waals surface area (Å²) in [4.78, 5) is 9.44. The lowest BCUT2D eigenvalue weighted by Gasteiger charge is -2.41. The quantitative estimate of drug-likeness (QED) is 0.253. The number of hydrogen-bond acceptors (Lipinski definition) is 4. The number of benzene rings is 1. The second-order valence-electron chi connectivity index (χ2n) is 8.41. The molecule has 6 nitrogen and oxygen atoms in total. The fourth-order valence-electron chi connectivity index (χ4n) is 4.06. The maximum Gasteiger partial charge on any atom is 0.191 e. The van der Waals surface area contributed by atoms with Crippen molar-refractivity contribution in [2.75, 3.05) is 59.5 Å². The van der Waals surface area contributed by atoms with Crippen molar-refractivity contribution in [2.24, 2.45) is 4.99 Å². The number of nitrogens with zero attached hydrogens (tertiary/aromatic N) is 3. The molecular weight excluding hydrogens is 477 g/mol. The summed E-state index contributed by atoms with van der Waals surface area (Å²) >= 11 is 0. The lowest BCUT2D eigenvalue weighted by Crippen LogP contribution is -2.56. The number of hydrogen-bond donors (Lipinski definition) is 2. The van der Waals surface area contributed by atoms with Gasteiger partial charge in [-0.2, -0.15) is 0 Å². The van der Waals surface area contributed by atoms with Crippen LogP contribution in [0, 0.1) is 0 Å². The highest BCUT2D eigenvalue weighted by Crippen LogP contribution is 2.18. The highest BCUT2D eigenvalue weighted by atomic mass is 127. The minimum Gasteiger partial charge on any atom is -0.379 e. The molecule has 2 aliphatic rings. The van der Waals surface area contributed by atoms with Crippen molar-refractivity contribution >= 4 is 29.9 Å². The molecule has 29 heavy (non-hydrogen) atoms. The summed E-state index contributed by atoms with van der Waals surface area (Å²) in [7, 11) is 1.85. The third-order valence-electron chi connectivity index (χ3n) is 5.93. The second kappa shape index (κ2) is 12.1. The van der Waals surface area contributed by atoms with E-state index in [-0.39, 0.29) is 29.5 Å². The number of aliphatic imine (C=N–C) groups is 1. The van der Waals surface area contributed by atoms with Crippen LogP contribution in [0.3, 0.4) is 0 Å². The Balaban J connectivity index is 0.00000300. The molecule has 1 aromatic carbocycles. The van der Waals surface area contributed by atoms with E-state index in [9.17, 15) is 0 Å². The van der Waals surface area contributed by atoms with Gasteiger partial charge in [0, 0.05) is 58.4 Å². The topological polar surface area (TPSA) is 52.1 Å². The zero-order valence-corrected chi connectivity index (χ0v) is 20.6. The normalized spacial score (nSPS) is 18.7. The SMILES string of the molecule is CN=C(NCCCN1CCc2ccccc2C1)NCC(C)(C)N1CCOCC1.I. The highest BCUT2D eigenvalue weighted by molar-refractivity contribution is 14.0. The minimum absolute atomic E-state index is 0. The highest BCUT2D eigenvalue weighted by Gasteiger charge is 2.28. The molecular formula is C22H38IN5O. The summed E-state index contributed by atoms with van der Waals surface area (Å²) < 4.78 is 5.47. The van der Waals surface area contributed by atoms with Gasteiger partial charge in [0.15, 0.2) is 5.96 Å². The summed E-state index contributed by atoms with van der Waals surface area (Å²) in [6.07, 6.45) is 2.29. The Kier molecular flexibility index (Phi) is 10.1. The van der Waals surface area contributed by atoms with E-state index in [1.807, 2.05) is 7.05 Å². The van der Waals surface area contributed by atoms with Crippen LogP contribution in [0.25, 0.3) is 0 Å². The van der Waals surface area contributed by atoms with Crippen molar-refractivity contribution in [3.63, 3.8) is 0 Å². The molecule has 0 saturated carbocycles. The third kappa shape index (κ3) is 7.38. The molecule has 2 heterocycles. The molecule has 0 aliphatic carbocycles. The average Bonchev–Trinajstić information content (AvgIpc) is 2.73. The number of halogens is 1. The van der Waals surface area contributed by atoms with Gasteiger partial charge in [0.05, 0.1) is 13.2 Å². The van der Waals surface area contributed by atoms with Crippen molar-refractivity contribution < 1.29 is 4.74 Å². The van der Waals surface area contributed by atoms with E-state index in [1.54, 1.807) is 0 Å². The number of morpholine rings is 1. The van der Waals surface area contributed by atoms with Crippen LogP contribution in [0.15, 0.2) is 29.3 Å². The Hall–Kier alpha value is -0.900. The summed E-state index contributed by atoms with van der Waals surface area (Å²) in [5, 5.41) is 6.97. The zero-order valence-electron chi connectivity index (χ0n) is 18.2. The summed E-state index contributed by atoms with van der Waals surface area (Å²) in [5.74, 6) is 0.894. The maximum absolute atomic E-state index is 5.47. The van der Waals surface area contributed by atoms with Gasteiger partial charge >= 0.3 is 0 Å². The van der Waals surface area contributed by atoms with E-state index in [0.29, 0.717) is 0 Å². The molecule has 1 aromatic rings. The average molecular weight is 515 g/mol. The predicted octanol–water partition coefficient (Wildman–Crippen LogP) is 2.33. The van der Waals surface area contributed by atoms with E-state index >= 15 is 0 Å². The van der Waals surface area contributed by atoms with Crippen molar-refractivity contribution in [2.45, 2.75) is 38.8 Å². The monoisotopic (exact) mass is 515 g/mol. The van der Waals surface area contributed by atoms with Gasteiger partial charge in [0.1, 0.15) is 0 Å². The van der Waals surface area contributed by atoms with Crippen LogP contribution in [-0.2, 0) is 17.7 Å². The lowest BCUT2D eigenvalue weighted by atomic mass is 10.00. The number of rotatable bonds is 7. The van der Waals surface area contributed by atoms with Gasteiger partial charge in [-0.25, -0.2) is 0 Å². The number of fused-ring (bicyclic) bond motifs is 1. The van der Waals surface area contributed by atoms with Crippen LogP contribution in [0.1, 0.15) is 31.4 Å². The van der Waals surface area contributed by atoms with Gasteiger partial charge in [-0.3, -0.25) is 14.8 Å². The van der Waals surface area contributed by atoms with Gasteiger partial charge in [0.25, 0.3) is 0 Å². The van der Waals surface area contributed by atoms with E-state index in [2.05, 4.69) is 63.5 Å². The molecule has 7 heteroatoms. The Morgan fingerprint density at radius 3 is 2.55 bits per heavy atom. The van der Waals surface area contributed by atoms with Gasteiger partial charge in [0.2, 0.25) is 0 Å². The van der Waals surface area contributed by atoms with E-state index < -0.39 is 0 Å². The molecule has 0 bridgehead atoms. The zero-order chi connectivity index (χ0) is 19.8. The summed E-state index contributed by atoms with van der Waals surface area (Å²) in [6, 6.07) is 8.83. The maximum atomic E-state index is 5.47. The molecule has 1 saturated heterocycles. The summed E-state index contributed by atoms with van der Waals surface area (Å²) in [6.45, 7) is 13.4. The lowest BCUT2D eigenvalue weighted by molar-refractivity contribution is -0.00833. The Morgan fingerprint density at radius 2 is 1.83 bits per heavy atom. The molecule has 0 amide bonds. The van der Waals surface area contributed by atoms with Crippen LogP contribution < -0.4 is 10.6 Å². The van der Waals surface area contributed by atoms with Crippen LogP contribution in [0.4, 0.5) is 0 Å². The van der Waals surface area contributed by atoms with E-state index in [0.717, 1.165) is 71.4 Å². The molecule has 0 unspecified atom stereocenters. The first-order valence-corrected chi connectivity index (χ1v) is 10.6. The molecule has 0 aromatic heterocycles. The smallest absolute Gasteiger partial charge is 0.191 e. The number of ether oxygens (including phenoxy) is 1. The van der Waals surface area contributed by atoms with Crippen LogP contribution in [0.5, 0.6) is 0 Å². The first kappa shape index (κ1) is 24.4. The van der Waals surface area contributed by atoms with E-state index in [4.69, 9.17) is 4.74 Å². The van der Waals surface area contributed by atoms with Crippen LogP contribution in [-0.4, -0.2) is 80.8 Å². The number of nitrogens with one attached hydrogen (secondary N) is 2. The predicted molar refractivity (Wildman–Crippen MR) is 131 cm³/mol. The molecule has 3 rings (SSSR count). The van der Waals surface area contributed by atoms with Gasteiger partial charge < -0.3 is 15.4 Å². The number of guanidine groups is 1. The Labute approximate surface area is 193 Å². The van der Waals surface area contributed by atoms with E-state index in [1.165, 1.54) is 17.5 Å². The first-order valence-electron chi connectivity index (χ1n) is 10.6. The fourth-order valence-corrected chi connectivity index (χ4v) is 4.06. The molecule has 0 atom stereocenters. The minimum atomic E-state index is 0. The fraction of sp³-hybridized carbons (Fsp3) is 0.682. The van der Waals surface area contributed by atoms with Crippen LogP contribution in [0.2, 0.25) is 0 Å². The second-order valence-corrected chi connectivity index (χ2v) is 8.41. The van der Waals surface area contributed by atoms with Crippen LogP contribution >= 0.6 is 24.0 Å². The standard InChI is InChI=1S/C22H37N5O.HI/c1-22(2,27-13-15-28-16-14-27)18-25-21(23-3)24-10-6-11-26-12-9-19-7-4-5-8-20(19)17-26;/h4-5,7-8H,6,9-18H2,1-3H3,(H2,23,24,25);1H. The van der Waals surface area contributed by atoms with Crippen molar-refractivity contribution in [1.29, 1.82) is 0 Å².